The molecule has 0 aromatic heterocycles. The molecule has 0 heterocycles. The first kappa shape index (κ1) is 31.4. The van der Waals surface area contributed by atoms with Gasteiger partial charge in [-0.2, -0.15) is 0 Å². The predicted molar refractivity (Wildman–Crippen MR) is 148 cm³/mol. The fourth-order valence-electron chi connectivity index (χ4n) is 4.06. The number of carbonyl (C=O) groups excluding carboxylic acids is 1. The number of nitrogens with one attached hydrogen (secondary N) is 1. The number of hydrogen-bond donors (Lipinski definition) is 1. The number of esters is 1. The zero-order valence-electron chi connectivity index (χ0n) is 22.2. The second-order valence-corrected chi connectivity index (χ2v) is 11.3. The van der Waals surface area contributed by atoms with Crippen LogP contribution in [0.2, 0.25) is 0 Å². The van der Waals surface area contributed by atoms with Gasteiger partial charge in [0.25, 0.3) is 0 Å². The standard InChI is InChI=1S/C29H49NO4S/c1-3-5-6-7-8-9-10-11-12-13-14-15-16-17-26-35(32,33)30-25-24-28-20-18-27(19-21-28)22-23-29(31)34-4-2/h18-23,30H,3-17,24-26H2,1-2H3/b23-22+. The minimum absolute atomic E-state index is 0.211. The summed E-state index contributed by atoms with van der Waals surface area (Å²) in [6, 6.07) is 7.72. The van der Waals surface area contributed by atoms with Crippen LogP contribution in [0, 0.1) is 0 Å². The number of benzene rings is 1. The van der Waals surface area contributed by atoms with Gasteiger partial charge >= 0.3 is 5.97 Å². The Kier molecular flexibility index (Phi) is 18.4. The lowest BCUT2D eigenvalue weighted by Crippen LogP contribution is -2.28. The maximum absolute atomic E-state index is 12.2. The zero-order chi connectivity index (χ0) is 25.6. The molecule has 6 heteroatoms. The van der Waals surface area contributed by atoms with Crippen LogP contribution in [-0.4, -0.2) is 33.3 Å². The van der Waals surface area contributed by atoms with Gasteiger partial charge < -0.3 is 4.74 Å². The van der Waals surface area contributed by atoms with Crippen LogP contribution >= 0.6 is 0 Å². The van der Waals surface area contributed by atoms with E-state index < -0.39 is 10.0 Å². The smallest absolute Gasteiger partial charge is 0.330 e. The first-order chi connectivity index (χ1) is 17.0. The minimum Gasteiger partial charge on any atom is -0.463 e. The first-order valence-corrected chi connectivity index (χ1v) is 15.5. The molecular formula is C29H49NO4S. The third-order valence-electron chi connectivity index (χ3n) is 6.18. The van der Waals surface area contributed by atoms with E-state index in [2.05, 4.69) is 11.6 Å². The van der Waals surface area contributed by atoms with Crippen molar-refractivity contribution in [2.24, 2.45) is 0 Å². The van der Waals surface area contributed by atoms with Gasteiger partial charge in [-0.15, -0.1) is 0 Å². The summed E-state index contributed by atoms with van der Waals surface area (Å²) < 4.78 is 32.0. The molecular weight excluding hydrogens is 458 g/mol. The molecule has 0 aliphatic carbocycles. The largest absolute Gasteiger partial charge is 0.463 e. The molecule has 200 valence electrons. The molecule has 0 aliphatic heterocycles. The third-order valence-corrected chi connectivity index (χ3v) is 7.65. The average Bonchev–Trinajstić information content (AvgIpc) is 2.84. The van der Waals surface area contributed by atoms with E-state index in [0.29, 0.717) is 19.6 Å². The summed E-state index contributed by atoms with van der Waals surface area (Å²) in [6.45, 7) is 4.79. The molecule has 0 atom stereocenters. The lowest BCUT2D eigenvalue weighted by atomic mass is 10.0. The van der Waals surface area contributed by atoms with Gasteiger partial charge in [0.05, 0.1) is 12.4 Å². The van der Waals surface area contributed by atoms with E-state index in [0.717, 1.165) is 30.4 Å². The van der Waals surface area contributed by atoms with E-state index in [1.54, 1.807) is 13.0 Å². The van der Waals surface area contributed by atoms with E-state index in [4.69, 9.17) is 4.74 Å². The molecule has 0 spiro atoms. The molecule has 0 saturated heterocycles. The van der Waals surface area contributed by atoms with Crippen LogP contribution in [0.3, 0.4) is 0 Å². The van der Waals surface area contributed by atoms with Crippen LogP contribution in [0.5, 0.6) is 0 Å². The monoisotopic (exact) mass is 507 g/mol. The summed E-state index contributed by atoms with van der Waals surface area (Å²) in [7, 11) is -3.21. The van der Waals surface area contributed by atoms with Crippen molar-refractivity contribution in [3.05, 3.63) is 41.5 Å². The maximum Gasteiger partial charge on any atom is 0.330 e. The fourth-order valence-corrected chi connectivity index (χ4v) is 5.20. The molecule has 0 unspecified atom stereocenters. The molecule has 0 bridgehead atoms. The highest BCUT2D eigenvalue weighted by Crippen LogP contribution is 2.13. The molecule has 0 fully saturated rings. The highest BCUT2D eigenvalue weighted by atomic mass is 32.2. The van der Waals surface area contributed by atoms with Crippen molar-refractivity contribution in [1.82, 2.24) is 4.72 Å². The van der Waals surface area contributed by atoms with E-state index in [9.17, 15) is 13.2 Å². The van der Waals surface area contributed by atoms with Gasteiger partial charge in [-0.1, -0.05) is 115 Å². The molecule has 1 N–H and O–H groups in total. The highest BCUT2D eigenvalue weighted by molar-refractivity contribution is 7.89. The van der Waals surface area contributed by atoms with Crippen LogP contribution in [-0.2, 0) is 26.0 Å². The van der Waals surface area contributed by atoms with Crippen molar-refractivity contribution in [2.45, 2.75) is 110 Å². The summed E-state index contributed by atoms with van der Waals surface area (Å²) in [5.74, 6) is -0.146. The molecule has 1 rings (SSSR count). The second-order valence-electron chi connectivity index (χ2n) is 9.39. The molecule has 5 nitrogen and oxygen atoms in total. The SMILES string of the molecule is CCCCCCCCCCCCCCCCS(=O)(=O)NCCc1ccc(/C=C/C(=O)OCC)cc1. The lowest BCUT2D eigenvalue weighted by Gasteiger charge is -2.07. The van der Waals surface area contributed by atoms with Crippen molar-refractivity contribution in [2.75, 3.05) is 18.9 Å². The average molecular weight is 508 g/mol. The van der Waals surface area contributed by atoms with Gasteiger partial charge in [-0.05, 0) is 37.0 Å². The van der Waals surface area contributed by atoms with Gasteiger partial charge in [0.2, 0.25) is 10.0 Å². The van der Waals surface area contributed by atoms with Crippen LogP contribution in [0.15, 0.2) is 30.3 Å². The molecule has 35 heavy (non-hydrogen) atoms. The number of ether oxygens (including phenoxy) is 1. The second kappa shape index (κ2) is 20.5. The van der Waals surface area contributed by atoms with E-state index >= 15 is 0 Å². The van der Waals surface area contributed by atoms with E-state index in [-0.39, 0.29) is 11.7 Å². The Hall–Kier alpha value is -1.66. The van der Waals surface area contributed by atoms with Crippen molar-refractivity contribution in [3.63, 3.8) is 0 Å². The third kappa shape index (κ3) is 18.3. The van der Waals surface area contributed by atoms with Crippen LogP contribution in [0.1, 0.15) is 115 Å². The van der Waals surface area contributed by atoms with Crippen molar-refractivity contribution in [3.8, 4) is 0 Å². The number of sulfonamides is 1. The Morgan fingerprint density at radius 1 is 0.800 bits per heavy atom. The number of carbonyl (C=O) groups is 1. The summed E-state index contributed by atoms with van der Waals surface area (Å²) in [6.07, 6.45) is 21.4. The summed E-state index contributed by atoms with van der Waals surface area (Å²) in [4.78, 5) is 11.4. The van der Waals surface area contributed by atoms with Crippen LogP contribution < -0.4 is 4.72 Å². The molecule has 0 aliphatic rings. The Bertz CT molecular complexity index is 787. The van der Waals surface area contributed by atoms with Gasteiger partial charge in [-0.3, -0.25) is 0 Å². The van der Waals surface area contributed by atoms with Gasteiger partial charge in [0.1, 0.15) is 0 Å². The number of hydrogen-bond acceptors (Lipinski definition) is 4. The Labute approximate surface area is 215 Å². The topological polar surface area (TPSA) is 72.5 Å². The fraction of sp³-hybridized carbons (Fsp3) is 0.690. The molecule has 0 amide bonds. The number of rotatable bonds is 22. The van der Waals surface area contributed by atoms with Gasteiger partial charge in [-0.25, -0.2) is 17.9 Å². The first-order valence-electron chi connectivity index (χ1n) is 13.9. The van der Waals surface area contributed by atoms with Crippen LogP contribution in [0.4, 0.5) is 0 Å². The zero-order valence-corrected chi connectivity index (χ0v) is 23.0. The molecule has 1 aromatic carbocycles. The van der Waals surface area contributed by atoms with Gasteiger partial charge in [0, 0.05) is 12.6 Å². The van der Waals surface area contributed by atoms with Gasteiger partial charge in [0.15, 0.2) is 0 Å². The maximum atomic E-state index is 12.2. The van der Waals surface area contributed by atoms with E-state index in [1.165, 1.54) is 76.7 Å². The summed E-state index contributed by atoms with van der Waals surface area (Å²) in [5.41, 5.74) is 1.96. The normalized spacial score (nSPS) is 11.8. The highest BCUT2D eigenvalue weighted by Gasteiger charge is 2.09. The van der Waals surface area contributed by atoms with Crippen molar-refractivity contribution < 1.29 is 17.9 Å². The Morgan fingerprint density at radius 2 is 1.31 bits per heavy atom. The lowest BCUT2D eigenvalue weighted by molar-refractivity contribution is -0.137. The minimum atomic E-state index is -3.21. The quantitative estimate of drug-likeness (QED) is 0.102. The number of unbranched alkanes of at least 4 members (excludes halogenated alkanes) is 13. The predicted octanol–water partition coefficient (Wildman–Crippen LogP) is 7.21. The van der Waals surface area contributed by atoms with Crippen molar-refractivity contribution >= 4 is 22.1 Å². The van der Waals surface area contributed by atoms with Crippen molar-refractivity contribution in [1.29, 1.82) is 0 Å². The molecule has 0 saturated carbocycles. The summed E-state index contributed by atoms with van der Waals surface area (Å²) >= 11 is 0. The molecule has 0 radical (unpaired) electrons. The summed E-state index contributed by atoms with van der Waals surface area (Å²) in [5, 5.41) is 0. The molecule has 1 aromatic rings. The Morgan fingerprint density at radius 3 is 1.83 bits per heavy atom. The van der Waals surface area contributed by atoms with E-state index in [1.807, 2.05) is 24.3 Å². The van der Waals surface area contributed by atoms with Crippen LogP contribution in [0.25, 0.3) is 6.08 Å². The Balaban J connectivity index is 2.04.